The molecule has 1 aliphatic heterocycles. The van der Waals surface area contributed by atoms with Crippen LogP contribution in [0.1, 0.15) is 63.6 Å². The van der Waals surface area contributed by atoms with Crippen molar-refractivity contribution < 1.29 is 65.6 Å². The Balaban J connectivity index is 0.00000333. The van der Waals surface area contributed by atoms with Crippen molar-refractivity contribution in [2.45, 2.75) is 120 Å². The van der Waals surface area contributed by atoms with Gasteiger partial charge in [-0.15, -0.1) is 0 Å². The first-order valence-corrected chi connectivity index (χ1v) is 26.5. The molecule has 0 radical (unpaired) electrons. The Kier molecular flexibility index (Phi) is 22.3. The largest absolute Gasteiger partial charge is 0.481 e. The molecule has 24 heteroatoms. The zero-order valence-electron chi connectivity index (χ0n) is 46.6. The Labute approximate surface area is 449 Å². The Hall–Kier alpha value is -6.54. The van der Waals surface area contributed by atoms with Crippen molar-refractivity contribution in [1.29, 1.82) is 0 Å². The van der Waals surface area contributed by atoms with E-state index in [1.807, 2.05) is 0 Å². The van der Waals surface area contributed by atoms with Crippen molar-refractivity contribution in [3.8, 4) is 0 Å². The van der Waals surface area contributed by atoms with Gasteiger partial charge in [-0.25, -0.2) is 0 Å². The Morgan fingerprint density at radius 3 is 2.01 bits per heavy atom. The number of amides is 7. The molecule has 4 aromatic rings. The number of aromatic amines is 1. The summed E-state index contributed by atoms with van der Waals surface area (Å²) in [5, 5.41) is 57.1. The molecule has 1 fully saturated rings. The summed E-state index contributed by atoms with van der Waals surface area (Å²) < 4.78 is 42.3. The fourth-order valence-corrected chi connectivity index (χ4v) is 9.79. The summed E-state index contributed by atoms with van der Waals surface area (Å²) in [7, 11) is 1.84. The molecule has 3 aromatic carbocycles. The Morgan fingerprint density at radius 2 is 1.37 bits per heavy atom. The molecule has 0 aliphatic carbocycles. The van der Waals surface area contributed by atoms with E-state index in [0.29, 0.717) is 28.5 Å². The molecule has 0 spiro atoms. The van der Waals surface area contributed by atoms with Crippen LogP contribution in [0, 0.1) is 0 Å². The maximum atomic E-state index is 14.9. The average molecular weight is 1080 g/mol. The van der Waals surface area contributed by atoms with E-state index in [1.165, 1.54) is 13.8 Å². The lowest BCUT2D eigenvalue weighted by molar-refractivity contribution is -0.136. The van der Waals surface area contributed by atoms with Crippen molar-refractivity contribution in [2.75, 3.05) is 24.7 Å². The highest BCUT2D eigenvalue weighted by Crippen LogP contribution is 2.24. The van der Waals surface area contributed by atoms with E-state index in [2.05, 4.69) is 42.2 Å². The number of aliphatic carboxylic acids is 1. The number of carbonyl (C=O) groups is 8. The predicted octanol–water partition coefficient (Wildman–Crippen LogP) is -0.714. The van der Waals surface area contributed by atoms with Crippen LogP contribution in [0.5, 0.6) is 0 Å². The minimum Gasteiger partial charge on any atom is -0.481 e. The van der Waals surface area contributed by atoms with Gasteiger partial charge in [-0.05, 0) is 68.8 Å². The van der Waals surface area contributed by atoms with Crippen molar-refractivity contribution in [1.82, 2.24) is 42.2 Å². The van der Waals surface area contributed by atoms with Crippen LogP contribution in [0.2, 0.25) is 0 Å². The maximum Gasteiger partial charge on any atom is 0.300 e. The highest BCUT2D eigenvalue weighted by atomic mass is 33.1. The fraction of sp³-hybridized carbons (Fsp3) is 0.451. The zero-order valence-corrected chi connectivity index (χ0v) is 43.3. The molecule has 2 heterocycles. The number of aromatic nitrogens is 1. The van der Waals surface area contributed by atoms with Crippen molar-refractivity contribution in [2.24, 2.45) is 11.5 Å². The van der Waals surface area contributed by atoms with Gasteiger partial charge in [0.1, 0.15) is 36.3 Å². The quantitative estimate of drug-likeness (QED) is 0.0459. The molecule has 22 nitrogen and oxygen atoms in total. The van der Waals surface area contributed by atoms with Crippen molar-refractivity contribution >= 4 is 79.8 Å². The second-order valence-electron chi connectivity index (χ2n) is 17.6. The second-order valence-corrected chi connectivity index (χ2v) is 20.2. The first-order valence-electron chi connectivity index (χ1n) is 26.5. The fourth-order valence-electron chi connectivity index (χ4n) is 7.46. The lowest BCUT2D eigenvalue weighted by atomic mass is 10.0. The average Bonchev–Trinajstić information content (AvgIpc) is 3.91. The van der Waals surface area contributed by atoms with Crippen molar-refractivity contribution in [3.05, 3.63) is 108 Å². The van der Waals surface area contributed by atoms with Crippen LogP contribution in [0.3, 0.4) is 0 Å². The number of unbranched alkanes of at least 4 members (excludes halogenated alkanes) is 1. The number of benzene rings is 3. The van der Waals surface area contributed by atoms with E-state index in [9.17, 15) is 48.9 Å². The number of H-pyrrole nitrogens is 1. The summed E-state index contributed by atoms with van der Waals surface area (Å²) >= 11 is 0. The number of rotatable bonds is 17. The van der Waals surface area contributed by atoms with E-state index in [-0.39, 0.29) is 49.3 Å². The lowest BCUT2D eigenvalue weighted by Crippen LogP contribution is -2.62. The predicted molar refractivity (Wildman–Crippen MR) is 285 cm³/mol. The van der Waals surface area contributed by atoms with Crippen LogP contribution < -0.4 is 48.7 Å². The van der Waals surface area contributed by atoms with E-state index in [4.69, 9.17) is 28.2 Å². The van der Waals surface area contributed by atoms with E-state index >= 15 is 0 Å². The maximum absolute atomic E-state index is 14.9. The van der Waals surface area contributed by atoms with Crippen molar-refractivity contribution in [3.63, 3.8) is 0 Å². The molecule has 5 rings (SSSR count). The highest BCUT2D eigenvalue weighted by molar-refractivity contribution is 8.76. The van der Waals surface area contributed by atoms with Crippen LogP contribution in [0.25, 0.3) is 10.9 Å². The molecular weight excluding hydrogens is 1010 g/mol. The number of aliphatic hydroxyl groups is 3. The molecule has 7 amide bonds. The number of nitrogens with two attached hydrogens (primary N) is 2. The number of carboxylic acid groups (broad SMARTS) is 1. The number of carboxylic acids is 1. The summed E-state index contributed by atoms with van der Waals surface area (Å²) in [5.74, 6) is -8.17. The van der Waals surface area contributed by atoms with Crippen LogP contribution in [0.4, 0.5) is 0 Å². The molecule has 0 saturated carbocycles. The molecule has 75 heavy (non-hydrogen) atoms. The van der Waals surface area contributed by atoms with Gasteiger partial charge in [0, 0.05) is 48.4 Å². The van der Waals surface area contributed by atoms with Crippen LogP contribution in [-0.2, 0) is 57.6 Å². The van der Waals surface area contributed by atoms with Crippen LogP contribution >= 0.6 is 21.6 Å². The Bertz CT molecular complexity index is 2770. The molecule has 1 aliphatic rings. The molecule has 0 unspecified atom stereocenters. The highest BCUT2D eigenvalue weighted by Gasteiger charge is 2.36. The zero-order chi connectivity index (χ0) is 59.4. The van der Waals surface area contributed by atoms with Gasteiger partial charge in [0.05, 0.1) is 37.8 Å². The number of nitrogens with one attached hydrogen (secondary N) is 8. The molecule has 1 aromatic heterocycles. The van der Waals surface area contributed by atoms with Gasteiger partial charge in [0.2, 0.25) is 41.4 Å². The van der Waals surface area contributed by atoms with Gasteiger partial charge in [-0.1, -0.05) is 100 Å². The number of carbonyl (C=O) groups excluding carboxylic acids is 7. The van der Waals surface area contributed by atoms with Gasteiger partial charge in [0.25, 0.3) is 5.97 Å². The third-order valence-electron chi connectivity index (χ3n) is 11.5. The summed E-state index contributed by atoms with van der Waals surface area (Å²) in [5.41, 5.74) is 13.6. The second kappa shape index (κ2) is 31.4. The number of para-hydroxylation sites is 1. The standard InChI is InChI=1S/C49H66N10O10S2.C2H4O2/c1-28(61)39(25-60)56-48(68)41-27-71-70-26-40(57-43(63)34(51)21-30-13-5-3-6-14-30)47(67)54-37(22-31-15-7-4-8-16-31)45(65)55-38(23-32-24-52-35-18-10-9-17-33(32)35)46(66)53-36(19-11-12-20-50)44(64)59-42(29(2)62)49(69)58-41;1-2(3)4/h3-10,13-18,24,28-29,34,36-42,52,60-62H,11-12,19-23,25-27,50-51H2,1-2H3,(H,53,66)(H,54,67)(H,55,65)(H,56,68)(H,57,63)(H,58,69)(H,59,64);1H3,(H,3,4)/t28-,29-,34-,36+,37+,38-,39-,40+,41+,42+;/m1./s1/i4D,7D,8D,15D,16D;. The number of hydrogen-bond acceptors (Lipinski definition) is 15. The molecule has 1 saturated heterocycles. The van der Waals surface area contributed by atoms with Crippen LogP contribution in [0.15, 0.2) is 91.0 Å². The van der Waals surface area contributed by atoms with Gasteiger partial charge < -0.3 is 74.1 Å². The minimum atomic E-state index is -1.82. The van der Waals surface area contributed by atoms with Gasteiger partial charge in [-0.2, -0.15) is 0 Å². The molecule has 16 N–H and O–H groups in total. The molecule has 0 bridgehead atoms. The summed E-state index contributed by atoms with van der Waals surface area (Å²) in [6.45, 7) is 3.11. The number of fused-ring (bicyclic) bond motifs is 1. The normalized spacial score (nSPS) is 22.9. The number of hydrogen-bond donors (Lipinski definition) is 14. The first kappa shape index (κ1) is 53.3. The third-order valence-corrected chi connectivity index (χ3v) is 14.0. The smallest absolute Gasteiger partial charge is 0.300 e. The van der Waals surface area contributed by atoms with E-state index in [0.717, 1.165) is 28.5 Å². The summed E-state index contributed by atoms with van der Waals surface area (Å²) in [6.07, 6.45) is -1.56. The van der Waals surface area contributed by atoms with Gasteiger partial charge >= 0.3 is 0 Å². The monoisotopic (exact) mass is 1080 g/mol. The molecular formula is C51H70N10O12S2. The lowest BCUT2D eigenvalue weighted by Gasteiger charge is -2.29. The van der Waals surface area contributed by atoms with Gasteiger partial charge in [0.15, 0.2) is 0 Å². The molecule has 10 atom stereocenters. The van der Waals surface area contributed by atoms with Gasteiger partial charge in [-0.3, -0.25) is 38.4 Å². The third kappa shape index (κ3) is 20.3. The Morgan fingerprint density at radius 1 is 0.773 bits per heavy atom. The summed E-state index contributed by atoms with van der Waals surface area (Å²) in [6, 6.07) is 0.291. The van der Waals surface area contributed by atoms with Crippen LogP contribution in [-0.4, -0.2) is 158 Å². The first-order chi connectivity index (χ1) is 37.9. The van der Waals surface area contributed by atoms with E-state index in [1.54, 1.807) is 60.8 Å². The van der Waals surface area contributed by atoms with E-state index < -0.39 is 151 Å². The summed E-state index contributed by atoms with van der Waals surface area (Å²) in [4.78, 5) is 112. The molecule has 408 valence electrons. The number of aliphatic hydroxyl groups excluding tert-OH is 3. The topological polar surface area (TPSA) is 370 Å². The SMILES string of the molecule is CC(=O)O.[2H]c1c([2H])c([2H])c(C[C@@H]2NC(=O)[C@@H](NC(=O)[C@H](N)Cc3ccccc3)CSSC[C@@H](C(=O)N[C@H](CO)[C@@H](C)O)NC(=O)[C@H]([C@@H](C)O)NC(=O)[C@H](CCCCN)NC(=O)[C@@H](Cc3c[nH]c4ccccc34)NC2=O)c([2H])c1[2H]. The minimum absolute atomic E-state index is 0.0445.